The van der Waals surface area contributed by atoms with Crippen molar-refractivity contribution in [3.8, 4) is 0 Å². The maximum Gasteiger partial charge on any atom is 0.410 e. The lowest BCUT2D eigenvalue weighted by atomic mass is 9.76. The molecule has 6 nitrogen and oxygen atoms in total. The fourth-order valence-corrected chi connectivity index (χ4v) is 7.63. The van der Waals surface area contributed by atoms with Crippen molar-refractivity contribution in [3.63, 3.8) is 0 Å². The smallest absolute Gasteiger partial charge is 0.410 e. The van der Waals surface area contributed by atoms with Gasteiger partial charge in [-0.2, -0.15) is 0 Å². The minimum atomic E-state index is -0.490. The second-order valence-corrected chi connectivity index (χ2v) is 13.6. The van der Waals surface area contributed by atoms with Gasteiger partial charge in [0.25, 0.3) is 0 Å². The fourth-order valence-electron chi connectivity index (χ4n) is 6.50. The number of carbonyl (C=O) groups excluding carboxylic acids is 2. The molecule has 1 atom stereocenters. The van der Waals surface area contributed by atoms with E-state index in [4.69, 9.17) is 21.3 Å². The van der Waals surface area contributed by atoms with E-state index in [0.29, 0.717) is 31.3 Å². The lowest BCUT2D eigenvalue weighted by Gasteiger charge is -2.38. The Kier molecular flexibility index (Phi) is 8.58. The van der Waals surface area contributed by atoms with Crippen LogP contribution in [0.5, 0.6) is 0 Å². The maximum absolute atomic E-state index is 13.3. The number of aromatic nitrogens is 1. The molecule has 2 aliphatic heterocycles. The molecule has 1 aromatic heterocycles. The number of pyridine rings is 1. The molecule has 210 valence electrons. The van der Waals surface area contributed by atoms with Crippen molar-refractivity contribution in [3.05, 3.63) is 62.3 Å². The summed E-state index contributed by atoms with van der Waals surface area (Å²) in [6, 6.07) is 8.37. The molecule has 2 aromatic rings. The van der Waals surface area contributed by atoms with Crippen LogP contribution in [0.15, 0.2) is 34.9 Å². The van der Waals surface area contributed by atoms with Crippen molar-refractivity contribution in [2.45, 2.75) is 77.2 Å². The maximum atomic E-state index is 13.3. The largest absolute Gasteiger partial charge is 0.444 e. The number of likely N-dealkylation sites (tertiary alicyclic amines) is 2. The molecule has 8 heteroatoms. The molecule has 3 heterocycles. The van der Waals surface area contributed by atoms with E-state index in [0.717, 1.165) is 61.1 Å². The first kappa shape index (κ1) is 28.4. The zero-order valence-corrected chi connectivity index (χ0v) is 25.6. The van der Waals surface area contributed by atoms with Crippen LogP contribution in [-0.2, 0) is 22.4 Å². The highest BCUT2D eigenvalue weighted by molar-refractivity contribution is 9.10. The minimum absolute atomic E-state index is 0.194. The van der Waals surface area contributed by atoms with Crippen molar-refractivity contribution < 1.29 is 14.3 Å². The summed E-state index contributed by atoms with van der Waals surface area (Å²) >= 11 is 10.3. The Hall–Kier alpha value is -2.12. The molecule has 5 rings (SSSR count). The fraction of sp³-hybridized carbons (Fsp3) is 0.581. The standard InChI is InChI=1S/C31H39BrClN3O3/c1-31(2,3)39-30(38)36-13-8-20(9-14-36)17-26(37)35-15-10-21(11-16-35)28-27-23(18-24(33)19-25(27)32)7-6-22-5-4-12-34-29(22)28/h4-5,12,18-21,28H,6-11,13-17H2,1-3H3/t28-/m1/s1. The zero-order chi connectivity index (χ0) is 27.7. The van der Waals surface area contributed by atoms with Crippen molar-refractivity contribution >= 4 is 39.5 Å². The van der Waals surface area contributed by atoms with E-state index >= 15 is 0 Å². The van der Waals surface area contributed by atoms with Gasteiger partial charge in [0, 0.05) is 54.2 Å². The normalized spacial score (nSPS) is 20.7. The quantitative estimate of drug-likeness (QED) is 0.372. The van der Waals surface area contributed by atoms with Gasteiger partial charge in [0.05, 0.1) is 5.69 Å². The Morgan fingerprint density at radius 1 is 1.03 bits per heavy atom. The summed E-state index contributed by atoms with van der Waals surface area (Å²) in [7, 11) is 0. The first-order valence-corrected chi connectivity index (χ1v) is 15.4. The highest BCUT2D eigenvalue weighted by Crippen LogP contribution is 2.45. The summed E-state index contributed by atoms with van der Waals surface area (Å²) in [5.41, 5.74) is 4.63. The number of nitrogens with zero attached hydrogens (tertiary/aromatic N) is 3. The van der Waals surface area contributed by atoms with Crippen LogP contribution < -0.4 is 0 Å². The van der Waals surface area contributed by atoms with Gasteiger partial charge in [-0.3, -0.25) is 9.78 Å². The molecule has 39 heavy (non-hydrogen) atoms. The monoisotopic (exact) mass is 615 g/mol. The van der Waals surface area contributed by atoms with E-state index in [2.05, 4.69) is 33.0 Å². The van der Waals surface area contributed by atoms with Crippen LogP contribution in [0, 0.1) is 11.8 Å². The molecule has 0 radical (unpaired) electrons. The number of carbonyl (C=O) groups is 2. The van der Waals surface area contributed by atoms with Crippen LogP contribution in [0.1, 0.15) is 81.2 Å². The Labute approximate surface area is 245 Å². The van der Waals surface area contributed by atoms with E-state index in [-0.39, 0.29) is 17.9 Å². The number of halogens is 2. The topological polar surface area (TPSA) is 62.7 Å². The third kappa shape index (κ3) is 6.62. The van der Waals surface area contributed by atoms with Crippen LogP contribution >= 0.6 is 27.5 Å². The lowest BCUT2D eigenvalue weighted by molar-refractivity contribution is -0.134. The molecule has 3 aliphatic rings. The van der Waals surface area contributed by atoms with Gasteiger partial charge in [0.1, 0.15) is 5.60 Å². The van der Waals surface area contributed by atoms with Gasteiger partial charge in [-0.05, 0) is 106 Å². The predicted molar refractivity (Wildman–Crippen MR) is 157 cm³/mol. The highest BCUT2D eigenvalue weighted by Gasteiger charge is 2.37. The predicted octanol–water partition coefficient (Wildman–Crippen LogP) is 7.00. The summed E-state index contributed by atoms with van der Waals surface area (Å²) in [6.07, 6.45) is 7.74. The van der Waals surface area contributed by atoms with E-state index in [1.54, 1.807) is 4.90 Å². The first-order valence-electron chi connectivity index (χ1n) is 14.3. The molecule has 0 saturated carbocycles. The molecule has 0 spiro atoms. The van der Waals surface area contributed by atoms with E-state index in [9.17, 15) is 9.59 Å². The second kappa shape index (κ2) is 11.8. The number of benzene rings is 1. The first-order chi connectivity index (χ1) is 18.6. The van der Waals surface area contributed by atoms with Gasteiger partial charge in [0.15, 0.2) is 0 Å². The van der Waals surface area contributed by atoms with Gasteiger partial charge in [-0.25, -0.2) is 4.79 Å². The third-order valence-corrected chi connectivity index (χ3v) is 9.34. The molecule has 1 aliphatic carbocycles. The number of fused-ring (bicyclic) bond motifs is 2. The van der Waals surface area contributed by atoms with Crippen LogP contribution in [-0.4, -0.2) is 58.6 Å². The number of hydrogen-bond donors (Lipinski definition) is 0. The Bertz CT molecular complexity index is 1210. The average Bonchev–Trinajstić information content (AvgIpc) is 3.05. The highest BCUT2D eigenvalue weighted by atomic mass is 79.9. The van der Waals surface area contributed by atoms with Crippen LogP contribution in [0.4, 0.5) is 4.79 Å². The summed E-state index contributed by atoms with van der Waals surface area (Å²) in [5.74, 6) is 1.17. The van der Waals surface area contributed by atoms with Gasteiger partial charge in [-0.1, -0.05) is 33.6 Å². The van der Waals surface area contributed by atoms with E-state index in [1.807, 2.05) is 39.1 Å². The molecule has 2 amide bonds. The Morgan fingerprint density at radius 3 is 2.38 bits per heavy atom. The lowest BCUT2D eigenvalue weighted by Crippen LogP contribution is -2.44. The Balaban J connectivity index is 1.21. The zero-order valence-electron chi connectivity index (χ0n) is 23.2. The van der Waals surface area contributed by atoms with Crippen molar-refractivity contribution in [1.29, 1.82) is 0 Å². The molecular weight excluding hydrogens is 578 g/mol. The SMILES string of the molecule is CC(C)(C)OC(=O)N1CCC(CC(=O)N2CCC([C@H]3c4ncccc4CCc4cc(Cl)cc(Br)c43)CC2)CC1. The van der Waals surface area contributed by atoms with Gasteiger partial charge in [0.2, 0.25) is 5.91 Å². The molecule has 1 aromatic carbocycles. The molecule has 2 saturated heterocycles. The summed E-state index contributed by atoms with van der Waals surface area (Å²) in [5, 5.41) is 0.760. The van der Waals surface area contributed by atoms with Gasteiger partial charge < -0.3 is 14.5 Å². The van der Waals surface area contributed by atoms with E-state index < -0.39 is 5.60 Å². The number of ether oxygens (including phenoxy) is 1. The molecule has 0 unspecified atom stereocenters. The number of piperidine rings is 2. The van der Waals surface area contributed by atoms with Crippen LogP contribution in [0.3, 0.4) is 0 Å². The van der Waals surface area contributed by atoms with Crippen molar-refractivity contribution in [2.75, 3.05) is 26.2 Å². The minimum Gasteiger partial charge on any atom is -0.444 e. The van der Waals surface area contributed by atoms with Gasteiger partial charge in [-0.15, -0.1) is 0 Å². The van der Waals surface area contributed by atoms with Gasteiger partial charge >= 0.3 is 6.09 Å². The van der Waals surface area contributed by atoms with Crippen LogP contribution in [0.25, 0.3) is 0 Å². The van der Waals surface area contributed by atoms with Crippen molar-refractivity contribution in [2.24, 2.45) is 11.8 Å². The van der Waals surface area contributed by atoms with Crippen molar-refractivity contribution in [1.82, 2.24) is 14.8 Å². The third-order valence-electron chi connectivity index (χ3n) is 8.47. The number of aryl methyl sites for hydroxylation is 2. The summed E-state index contributed by atoms with van der Waals surface area (Å²) < 4.78 is 6.57. The molecule has 0 N–H and O–H groups in total. The summed E-state index contributed by atoms with van der Waals surface area (Å²) in [6.45, 7) is 8.52. The number of amides is 2. The number of rotatable bonds is 3. The number of hydrogen-bond acceptors (Lipinski definition) is 4. The average molecular weight is 617 g/mol. The second-order valence-electron chi connectivity index (χ2n) is 12.3. The van der Waals surface area contributed by atoms with Crippen LogP contribution in [0.2, 0.25) is 5.02 Å². The molecule has 2 fully saturated rings. The Morgan fingerprint density at radius 2 is 1.69 bits per heavy atom. The molecular formula is C31H39BrClN3O3. The molecule has 0 bridgehead atoms. The van der Waals surface area contributed by atoms with E-state index in [1.165, 1.54) is 22.4 Å². The summed E-state index contributed by atoms with van der Waals surface area (Å²) in [4.78, 5) is 34.4.